The fourth-order valence-electron chi connectivity index (χ4n) is 8.97. The average Bonchev–Trinajstić information content (AvgIpc) is 0.801. The molecule has 27 heteroatoms. The molecule has 10 aromatic rings. The molecular formula is C67H49ClN2O19S5-2. The second kappa shape index (κ2) is 27.3. The largest absolute Gasteiger partial charge is 0.495 e. The number of hydrogen-bond donors (Lipinski definition) is 0. The lowest BCUT2D eigenvalue weighted by Crippen LogP contribution is -2.09. The maximum absolute atomic E-state index is 14.1. The number of aryl methyl sites for hydroxylation is 2. The molecule has 0 aliphatic carbocycles. The highest BCUT2D eigenvalue weighted by Gasteiger charge is 2.24. The van der Waals surface area contributed by atoms with Gasteiger partial charge in [0.15, 0.2) is 17.3 Å². The Bertz CT molecular complexity index is 5160. The molecule has 0 N–H and O–H groups in total. The lowest BCUT2D eigenvalue weighted by Gasteiger charge is -2.23. The minimum Gasteiger partial charge on any atom is -0.495 e. The quantitative estimate of drug-likeness (QED) is 0.0379. The predicted molar refractivity (Wildman–Crippen MR) is 347 cm³/mol. The predicted octanol–water partition coefficient (Wildman–Crippen LogP) is 14.4. The third-order valence-electron chi connectivity index (χ3n) is 13.6. The maximum atomic E-state index is 14.1. The Morgan fingerprint density at radius 3 is 0.894 bits per heavy atom. The monoisotopic (exact) mass is 1380 g/mol. The van der Waals surface area contributed by atoms with Gasteiger partial charge in [0.25, 0.3) is 9.05 Å². The molecule has 10 rings (SSSR count). The van der Waals surface area contributed by atoms with Gasteiger partial charge in [0.05, 0.1) is 26.9 Å². The van der Waals surface area contributed by atoms with Crippen molar-refractivity contribution in [2.24, 2.45) is 0 Å². The molecule has 0 spiro atoms. The van der Waals surface area contributed by atoms with Crippen LogP contribution in [0.5, 0.6) is 63.2 Å². The molecule has 0 unspecified atom stereocenters. The van der Waals surface area contributed by atoms with Crippen molar-refractivity contribution in [3.05, 3.63) is 277 Å². The smallest absolute Gasteiger partial charge is 0.265 e. The first-order valence-corrected chi connectivity index (χ1v) is 36.0. The number of carbonyl (C=O) groups is 3. The normalized spacial score (nSPS) is 11.9. The van der Waals surface area contributed by atoms with Crippen LogP contribution in [0.15, 0.2) is 244 Å². The highest BCUT2D eigenvalue weighted by molar-refractivity contribution is 8.14. The van der Waals surface area contributed by atoms with Gasteiger partial charge in [-0.2, -0.15) is 0 Å². The number of carbonyl (C=O) groups excluding carboxylic acids is 3. The zero-order valence-corrected chi connectivity index (χ0v) is 54.3. The lowest BCUT2D eigenvalue weighted by atomic mass is 10.0. The summed E-state index contributed by atoms with van der Waals surface area (Å²) in [6.07, 6.45) is 0.590. The standard InChI is InChI=1S/C67H49ClN2O19S5/c1-42-5-9-44(10-6-42)65(71)45-11-23-52(24-12-45)87-57-33-38-61(64(41-57)94(82,83)70-92(78,79)58-34-7-43(2)8-35-58)89-54-29-19-49(20-30-54)67(73)47-15-25-51(26-16-47)86-56-32-37-60(63(40-56)93(80,81)69-90(4,74)75)88-53-27-17-48(18-28-53)66(72)46-13-21-50(22-14-46)85-55-31-36-59(84-3)62(39-55)91(68,76)77/h5-41H,1-4H3/q-2. The molecule has 0 aliphatic rings. The molecule has 0 bridgehead atoms. The number of halogens is 1. The van der Waals surface area contributed by atoms with Crippen molar-refractivity contribution >= 4 is 77.2 Å². The van der Waals surface area contributed by atoms with E-state index in [1.165, 1.54) is 195 Å². The first-order chi connectivity index (χ1) is 44.5. The Kier molecular flexibility index (Phi) is 19.4. The van der Waals surface area contributed by atoms with E-state index in [1.54, 1.807) is 19.1 Å². The molecule has 0 atom stereocenters. The van der Waals surface area contributed by atoms with Crippen LogP contribution in [0.1, 0.15) is 58.9 Å². The summed E-state index contributed by atoms with van der Waals surface area (Å²) < 4.78 is 172. The second-order valence-electron chi connectivity index (χ2n) is 20.6. The van der Waals surface area contributed by atoms with Gasteiger partial charge >= 0.3 is 0 Å². The number of rotatable bonds is 25. The third kappa shape index (κ3) is 16.4. The minimum atomic E-state index is -5.08. The average molecular weight is 1380 g/mol. The first-order valence-electron chi connectivity index (χ1n) is 27.5. The van der Waals surface area contributed by atoms with Gasteiger partial charge in [-0.3, -0.25) is 14.4 Å². The Balaban J connectivity index is 0.815. The van der Waals surface area contributed by atoms with Crippen LogP contribution in [0.2, 0.25) is 0 Å². The van der Waals surface area contributed by atoms with E-state index in [1.807, 2.05) is 19.1 Å². The van der Waals surface area contributed by atoms with Gasteiger partial charge in [0.1, 0.15) is 98.2 Å². The van der Waals surface area contributed by atoms with E-state index in [0.29, 0.717) is 17.4 Å². The van der Waals surface area contributed by atoms with Crippen LogP contribution in [-0.2, 0) is 49.1 Å². The number of sulfonamides is 4. The zero-order valence-electron chi connectivity index (χ0n) is 49.4. The summed E-state index contributed by atoms with van der Waals surface area (Å²) in [6.45, 7) is 3.62. The molecule has 0 amide bonds. The van der Waals surface area contributed by atoms with Crippen molar-refractivity contribution in [1.82, 2.24) is 0 Å². The van der Waals surface area contributed by atoms with Gasteiger partial charge in [0, 0.05) is 73.4 Å². The van der Waals surface area contributed by atoms with Crippen molar-refractivity contribution in [1.29, 1.82) is 0 Å². The molecule has 21 nitrogen and oxygen atoms in total. The molecule has 0 aromatic heterocycles. The molecule has 0 heterocycles. The van der Waals surface area contributed by atoms with E-state index in [4.69, 9.17) is 39.1 Å². The van der Waals surface area contributed by atoms with Gasteiger partial charge in [-0.25, -0.2) is 42.1 Å². The van der Waals surface area contributed by atoms with E-state index in [-0.39, 0.29) is 101 Å². The zero-order chi connectivity index (χ0) is 67.3. The molecule has 480 valence electrons. The van der Waals surface area contributed by atoms with Crippen LogP contribution in [0, 0.1) is 13.8 Å². The summed E-state index contributed by atoms with van der Waals surface area (Å²) in [5.74, 6) is -1.22. The topological polar surface area (TPSA) is 305 Å². The van der Waals surface area contributed by atoms with Crippen molar-refractivity contribution in [2.75, 3.05) is 13.4 Å². The summed E-state index contributed by atoms with van der Waals surface area (Å²) in [7, 11) is -16.7. The summed E-state index contributed by atoms with van der Waals surface area (Å²) in [5, 5.41) is 0. The third-order valence-corrected chi connectivity index (χ3v) is 21.0. The maximum Gasteiger partial charge on any atom is 0.265 e. The van der Waals surface area contributed by atoms with E-state index in [9.17, 15) is 56.5 Å². The molecule has 0 radical (unpaired) electrons. The van der Waals surface area contributed by atoms with Crippen LogP contribution in [0.3, 0.4) is 0 Å². The molecule has 0 aliphatic heterocycles. The molecule has 0 saturated heterocycles. The SMILES string of the molecule is COc1ccc(Oc2ccc(C(=O)c3ccc(Oc4ccc(Oc5ccc(C(=O)c6ccc(Oc7ccc(Oc8ccc(C(=O)c9ccc(C)cc9)cc8)cc7S(=O)(=O)[N-]S(=O)(=O)c7ccc(C)cc7)cc6)cc5)cc4S(=O)(=O)[N-]S(C)(=O)=O)cc3)cc2)cc1S(=O)(=O)Cl. The number of nitrogens with zero attached hydrogens (tertiary/aromatic N) is 2. The van der Waals surface area contributed by atoms with Crippen LogP contribution < -0.4 is 28.4 Å². The summed E-state index contributed by atoms with van der Waals surface area (Å²) in [5.41, 5.74) is 3.31. The molecule has 0 fully saturated rings. The van der Waals surface area contributed by atoms with E-state index < -0.39 is 70.5 Å². The van der Waals surface area contributed by atoms with Crippen molar-refractivity contribution in [2.45, 2.75) is 33.4 Å². The highest BCUT2D eigenvalue weighted by atomic mass is 35.7. The van der Waals surface area contributed by atoms with Gasteiger partial charge in [-0.05, 0) is 184 Å². The number of hydrogen-bond acceptors (Lipinski definition) is 19. The number of ether oxygens (including phenoxy) is 6. The number of ketones is 3. The first kappa shape index (κ1) is 66.9. The molecule has 0 saturated carbocycles. The lowest BCUT2D eigenvalue weighted by molar-refractivity contribution is 0.103. The highest BCUT2D eigenvalue weighted by Crippen LogP contribution is 2.41. The number of benzene rings is 10. The van der Waals surface area contributed by atoms with Crippen LogP contribution in [-0.4, -0.2) is 72.8 Å². The Morgan fingerprint density at radius 1 is 0.319 bits per heavy atom. The van der Waals surface area contributed by atoms with Gasteiger partial charge in [-0.15, -0.1) is 0 Å². The van der Waals surface area contributed by atoms with Crippen molar-refractivity contribution < 1.29 is 84.9 Å². The van der Waals surface area contributed by atoms with Gasteiger partial charge in [-0.1, -0.05) is 47.5 Å². The second-order valence-corrected chi connectivity index (χ2v) is 30.0. The van der Waals surface area contributed by atoms with Crippen molar-refractivity contribution in [3.8, 4) is 63.2 Å². The molecule has 94 heavy (non-hydrogen) atoms. The van der Waals surface area contributed by atoms with Crippen molar-refractivity contribution in [3.63, 3.8) is 0 Å². The molecular weight excluding hydrogens is 1330 g/mol. The summed E-state index contributed by atoms with van der Waals surface area (Å²) in [4.78, 5) is 38.3. The van der Waals surface area contributed by atoms with Gasteiger partial charge < -0.3 is 36.7 Å². The number of methoxy groups -OCH3 is 1. The van der Waals surface area contributed by atoms with Crippen LogP contribution in [0.25, 0.3) is 8.25 Å². The van der Waals surface area contributed by atoms with Crippen LogP contribution in [0.4, 0.5) is 0 Å². The van der Waals surface area contributed by atoms with E-state index in [2.05, 4.69) is 8.25 Å². The Morgan fingerprint density at radius 2 is 0.585 bits per heavy atom. The van der Waals surface area contributed by atoms with Crippen LogP contribution >= 0.6 is 10.7 Å². The fourth-order valence-corrected chi connectivity index (χ4v) is 15.2. The molecule has 10 aromatic carbocycles. The summed E-state index contributed by atoms with van der Waals surface area (Å²) >= 11 is 0. The Labute approximate surface area is 545 Å². The fraction of sp³-hybridized carbons (Fsp3) is 0.0597. The van der Waals surface area contributed by atoms with E-state index >= 15 is 0 Å². The summed E-state index contributed by atoms with van der Waals surface area (Å²) in [6, 6.07) is 52.5. The Hall–Kier alpha value is -10.0. The van der Waals surface area contributed by atoms with E-state index in [0.717, 1.165) is 23.3 Å². The van der Waals surface area contributed by atoms with Gasteiger partial charge in [0.2, 0.25) is 0 Å². The minimum absolute atomic E-state index is 0.0176.